The Bertz CT molecular complexity index is 199. The fraction of sp³-hybridized carbons (Fsp3) is 1.00. The van der Waals surface area contributed by atoms with Gasteiger partial charge in [0.1, 0.15) is 0 Å². The van der Waals surface area contributed by atoms with E-state index in [1.807, 2.05) is 0 Å². The molecular formula is C15H32N2O. The van der Waals surface area contributed by atoms with E-state index >= 15 is 0 Å². The molecule has 1 N–H and O–H groups in total. The second-order valence-electron chi connectivity index (χ2n) is 5.45. The molecule has 0 aromatic rings. The molecule has 108 valence electrons. The number of ether oxygens (including phenoxy) is 1. The van der Waals surface area contributed by atoms with E-state index in [9.17, 15) is 0 Å². The minimum absolute atomic E-state index is 0.445. The van der Waals surface area contributed by atoms with Gasteiger partial charge in [-0.15, -0.1) is 0 Å². The first-order valence-corrected chi connectivity index (χ1v) is 7.87. The Kier molecular flexibility index (Phi) is 8.64. The Morgan fingerprint density at radius 3 is 2.78 bits per heavy atom. The zero-order valence-corrected chi connectivity index (χ0v) is 12.6. The van der Waals surface area contributed by atoms with Crippen LogP contribution in [-0.4, -0.2) is 49.8 Å². The fourth-order valence-corrected chi connectivity index (χ4v) is 2.65. The molecule has 0 radical (unpaired) electrons. The molecule has 1 heterocycles. The summed E-state index contributed by atoms with van der Waals surface area (Å²) in [4.78, 5) is 2.60. The van der Waals surface area contributed by atoms with Gasteiger partial charge in [0.05, 0.1) is 6.10 Å². The lowest BCUT2D eigenvalue weighted by Crippen LogP contribution is -2.43. The van der Waals surface area contributed by atoms with E-state index in [2.05, 4.69) is 31.0 Å². The summed E-state index contributed by atoms with van der Waals surface area (Å²) in [7, 11) is 0. The summed E-state index contributed by atoms with van der Waals surface area (Å²) in [5.74, 6) is 0. The van der Waals surface area contributed by atoms with Crippen molar-refractivity contribution in [3.8, 4) is 0 Å². The molecule has 1 saturated heterocycles. The normalized spacial score (nSPS) is 23.8. The van der Waals surface area contributed by atoms with Gasteiger partial charge < -0.3 is 10.1 Å². The molecule has 3 heteroatoms. The predicted molar refractivity (Wildman–Crippen MR) is 78.1 cm³/mol. The van der Waals surface area contributed by atoms with E-state index < -0.39 is 0 Å². The molecule has 0 aliphatic carbocycles. The molecule has 0 spiro atoms. The van der Waals surface area contributed by atoms with Gasteiger partial charge in [0.25, 0.3) is 0 Å². The predicted octanol–water partition coefficient (Wildman–Crippen LogP) is 2.66. The van der Waals surface area contributed by atoms with Gasteiger partial charge in [-0.05, 0) is 32.2 Å². The summed E-state index contributed by atoms with van der Waals surface area (Å²) in [5, 5.41) is 3.69. The third-order valence-electron chi connectivity index (χ3n) is 3.69. The van der Waals surface area contributed by atoms with Crippen LogP contribution in [-0.2, 0) is 4.74 Å². The van der Waals surface area contributed by atoms with Crippen LogP contribution in [0.2, 0.25) is 0 Å². The molecule has 0 aromatic heterocycles. The van der Waals surface area contributed by atoms with E-state index in [1.54, 1.807) is 0 Å². The summed E-state index contributed by atoms with van der Waals surface area (Å²) >= 11 is 0. The highest BCUT2D eigenvalue weighted by Gasteiger charge is 2.19. The number of nitrogens with zero attached hydrogens (tertiary/aromatic N) is 1. The van der Waals surface area contributed by atoms with Gasteiger partial charge >= 0.3 is 0 Å². The highest BCUT2D eigenvalue weighted by Crippen LogP contribution is 2.10. The highest BCUT2D eigenvalue weighted by molar-refractivity contribution is 4.76. The Balaban J connectivity index is 2.39. The smallest absolute Gasteiger partial charge is 0.0699 e. The van der Waals surface area contributed by atoms with E-state index in [-0.39, 0.29) is 0 Å². The second-order valence-corrected chi connectivity index (χ2v) is 5.45. The summed E-state index contributed by atoms with van der Waals surface area (Å²) in [6, 6.07) is 0.658. The topological polar surface area (TPSA) is 24.5 Å². The van der Waals surface area contributed by atoms with Gasteiger partial charge in [0, 0.05) is 32.3 Å². The van der Waals surface area contributed by atoms with Gasteiger partial charge in [-0.1, -0.05) is 27.2 Å². The average molecular weight is 256 g/mol. The van der Waals surface area contributed by atoms with Crippen LogP contribution in [0.5, 0.6) is 0 Å². The molecule has 3 nitrogen and oxygen atoms in total. The summed E-state index contributed by atoms with van der Waals surface area (Å²) in [6.07, 6.45) is 6.54. The van der Waals surface area contributed by atoms with Crippen LogP contribution in [0.15, 0.2) is 0 Å². The quantitative estimate of drug-likeness (QED) is 0.722. The summed E-state index contributed by atoms with van der Waals surface area (Å²) in [6.45, 7) is 12.3. The minimum atomic E-state index is 0.445. The van der Waals surface area contributed by atoms with Crippen LogP contribution in [0, 0.1) is 0 Å². The molecule has 2 unspecified atom stereocenters. The maximum absolute atomic E-state index is 5.84. The van der Waals surface area contributed by atoms with E-state index in [1.165, 1.54) is 38.8 Å². The van der Waals surface area contributed by atoms with Crippen molar-refractivity contribution < 1.29 is 4.74 Å². The average Bonchev–Trinajstić information content (AvgIpc) is 2.61. The van der Waals surface area contributed by atoms with Crippen LogP contribution in [0.1, 0.15) is 52.9 Å². The van der Waals surface area contributed by atoms with Crippen molar-refractivity contribution in [1.29, 1.82) is 0 Å². The minimum Gasteiger partial charge on any atom is -0.377 e. The zero-order valence-electron chi connectivity index (χ0n) is 12.6. The molecule has 0 aromatic carbocycles. The fourth-order valence-electron chi connectivity index (χ4n) is 2.65. The third kappa shape index (κ3) is 6.17. The van der Waals surface area contributed by atoms with E-state index in [0.29, 0.717) is 12.1 Å². The lowest BCUT2D eigenvalue weighted by atomic mass is 10.1. The molecule has 0 amide bonds. The zero-order chi connectivity index (χ0) is 13.2. The highest BCUT2D eigenvalue weighted by atomic mass is 16.5. The number of rotatable bonds is 8. The lowest BCUT2D eigenvalue weighted by Gasteiger charge is -2.28. The van der Waals surface area contributed by atoms with Crippen molar-refractivity contribution >= 4 is 0 Å². The van der Waals surface area contributed by atoms with Crippen LogP contribution >= 0.6 is 0 Å². The van der Waals surface area contributed by atoms with Crippen LogP contribution < -0.4 is 5.32 Å². The molecule has 18 heavy (non-hydrogen) atoms. The number of hydrogen-bond acceptors (Lipinski definition) is 3. The van der Waals surface area contributed by atoms with Gasteiger partial charge in [-0.2, -0.15) is 0 Å². The lowest BCUT2D eigenvalue weighted by molar-refractivity contribution is 0.0506. The van der Waals surface area contributed by atoms with Crippen molar-refractivity contribution in [3.05, 3.63) is 0 Å². The molecule has 0 saturated carbocycles. The Morgan fingerprint density at radius 1 is 1.28 bits per heavy atom. The SMILES string of the molecule is CCCNC(CCC)CN1CCCOC(CC)C1. The van der Waals surface area contributed by atoms with E-state index in [4.69, 9.17) is 4.74 Å². The Hall–Kier alpha value is -0.120. The first-order valence-electron chi connectivity index (χ1n) is 7.87. The summed E-state index contributed by atoms with van der Waals surface area (Å²) < 4.78 is 5.84. The van der Waals surface area contributed by atoms with Gasteiger partial charge in [-0.25, -0.2) is 0 Å². The Labute approximate surface area is 113 Å². The second kappa shape index (κ2) is 9.76. The molecule has 2 atom stereocenters. The molecule has 1 aliphatic rings. The maximum Gasteiger partial charge on any atom is 0.0699 e. The Morgan fingerprint density at radius 2 is 2.11 bits per heavy atom. The van der Waals surface area contributed by atoms with Crippen molar-refractivity contribution in [2.24, 2.45) is 0 Å². The van der Waals surface area contributed by atoms with E-state index in [0.717, 1.165) is 26.1 Å². The molecule has 1 fully saturated rings. The number of nitrogens with one attached hydrogen (secondary N) is 1. The molecular weight excluding hydrogens is 224 g/mol. The van der Waals surface area contributed by atoms with Crippen molar-refractivity contribution in [2.75, 3.05) is 32.8 Å². The van der Waals surface area contributed by atoms with Crippen molar-refractivity contribution in [1.82, 2.24) is 10.2 Å². The third-order valence-corrected chi connectivity index (χ3v) is 3.69. The number of hydrogen-bond donors (Lipinski definition) is 1. The van der Waals surface area contributed by atoms with Crippen LogP contribution in [0.4, 0.5) is 0 Å². The van der Waals surface area contributed by atoms with Crippen LogP contribution in [0.3, 0.4) is 0 Å². The largest absolute Gasteiger partial charge is 0.377 e. The monoisotopic (exact) mass is 256 g/mol. The maximum atomic E-state index is 5.84. The first-order chi connectivity index (χ1) is 8.80. The van der Waals surface area contributed by atoms with Crippen LogP contribution in [0.25, 0.3) is 0 Å². The van der Waals surface area contributed by atoms with Gasteiger partial charge in [0.15, 0.2) is 0 Å². The van der Waals surface area contributed by atoms with Gasteiger partial charge in [-0.3, -0.25) is 4.90 Å². The summed E-state index contributed by atoms with van der Waals surface area (Å²) in [5.41, 5.74) is 0. The molecule has 1 rings (SSSR count). The molecule has 1 aliphatic heterocycles. The standard InChI is InChI=1S/C15H32N2O/c1-4-8-14(16-9-5-2)12-17-10-7-11-18-15(6-3)13-17/h14-16H,4-13H2,1-3H3. The molecule has 0 bridgehead atoms. The first kappa shape index (κ1) is 15.9. The van der Waals surface area contributed by atoms with Gasteiger partial charge in [0.2, 0.25) is 0 Å². The van der Waals surface area contributed by atoms with Crippen molar-refractivity contribution in [3.63, 3.8) is 0 Å². The van der Waals surface area contributed by atoms with Crippen molar-refractivity contribution in [2.45, 2.75) is 65.0 Å².